The molecule has 0 spiro atoms. The maximum absolute atomic E-state index is 13.0. The molecule has 2 rings (SSSR count). The molecule has 0 aliphatic carbocycles. The molecule has 0 saturated carbocycles. The SMILES string of the molecule is CCOc1ccccc1CCNC(=O)C1CC(F)(F)CN1.Cl. The molecule has 1 aliphatic rings. The zero-order valence-electron chi connectivity index (χ0n) is 12.4. The molecular formula is C15H21ClF2N2O2. The van der Waals surface area contributed by atoms with Crippen molar-refractivity contribution in [2.75, 3.05) is 19.7 Å². The van der Waals surface area contributed by atoms with Gasteiger partial charge in [0.1, 0.15) is 5.75 Å². The van der Waals surface area contributed by atoms with Crippen LogP contribution in [0.3, 0.4) is 0 Å². The van der Waals surface area contributed by atoms with Crippen molar-refractivity contribution in [1.29, 1.82) is 0 Å². The predicted molar refractivity (Wildman–Crippen MR) is 82.9 cm³/mol. The van der Waals surface area contributed by atoms with Crippen LogP contribution in [-0.4, -0.2) is 37.6 Å². The Hall–Kier alpha value is -1.40. The average molecular weight is 335 g/mol. The minimum atomic E-state index is -2.79. The van der Waals surface area contributed by atoms with Crippen molar-refractivity contribution in [3.05, 3.63) is 29.8 Å². The zero-order chi connectivity index (χ0) is 15.3. The number of carbonyl (C=O) groups is 1. The van der Waals surface area contributed by atoms with Crippen molar-refractivity contribution >= 4 is 18.3 Å². The second-order valence-electron chi connectivity index (χ2n) is 5.08. The van der Waals surface area contributed by atoms with Gasteiger partial charge >= 0.3 is 0 Å². The first kappa shape index (κ1) is 18.6. The second kappa shape index (κ2) is 8.29. The molecule has 7 heteroatoms. The highest BCUT2D eigenvalue weighted by Crippen LogP contribution is 2.25. The molecule has 0 aromatic heterocycles. The Kier molecular flexibility index (Phi) is 7.03. The largest absolute Gasteiger partial charge is 0.494 e. The molecule has 1 saturated heterocycles. The third-order valence-electron chi connectivity index (χ3n) is 3.39. The van der Waals surface area contributed by atoms with E-state index in [1.165, 1.54) is 0 Å². The molecule has 2 N–H and O–H groups in total. The molecule has 1 fully saturated rings. The number of ether oxygens (including phenoxy) is 1. The standard InChI is InChI=1S/C15H20F2N2O2.ClH/c1-2-21-13-6-4-3-5-11(13)7-8-18-14(20)12-9-15(16,17)10-19-12;/h3-6,12,19H,2,7-10H2,1H3,(H,18,20);1H. The van der Waals surface area contributed by atoms with Crippen LogP contribution in [0.5, 0.6) is 5.75 Å². The number of nitrogens with one attached hydrogen (secondary N) is 2. The van der Waals surface area contributed by atoms with Crippen LogP contribution >= 0.6 is 12.4 Å². The lowest BCUT2D eigenvalue weighted by atomic mass is 10.1. The Balaban J connectivity index is 0.00000242. The van der Waals surface area contributed by atoms with Crippen LogP contribution in [0.4, 0.5) is 8.78 Å². The summed E-state index contributed by atoms with van der Waals surface area (Å²) >= 11 is 0. The molecule has 0 radical (unpaired) electrons. The van der Waals surface area contributed by atoms with Gasteiger partial charge in [-0.05, 0) is 25.0 Å². The van der Waals surface area contributed by atoms with E-state index in [0.29, 0.717) is 19.6 Å². The Bertz CT molecular complexity index is 500. The summed E-state index contributed by atoms with van der Waals surface area (Å²) in [6, 6.07) is 6.79. The Labute approximate surface area is 135 Å². The number of hydrogen-bond donors (Lipinski definition) is 2. The first-order chi connectivity index (χ1) is 10.0. The monoisotopic (exact) mass is 334 g/mol. The summed E-state index contributed by atoms with van der Waals surface area (Å²) < 4.78 is 31.5. The molecule has 1 amide bonds. The van der Waals surface area contributed by atoms with Crippen LogP contribution < -0.4 is 15.4 Å². The van der Waals surface area contributed by atoms with Gasteiger partial charge in [0.05, 0.1) is 19.2 Å². The van der Waals surface area contributed by atoms with E-state index < -0.39 is 24.9 Å². The molecular weight excluding hydrogens is 314 g/mol. The van der Waals surface area contributed by atoms with Crippen molar-refractivity contribution in [2.45, 2.75) is 31.7 Å². The van der Waals surface area contributed by atoms with Gasteiger partial charge in [-0.1, -0.05) is 18.2 Å². The van der Waals surface area contributed by atoms with Gasteiger partial charge in [0, 0.05) is 13.0 Å². The predicted octanol–water partition coefficient (Wildman–Crippen LogP) is 2.16. The summed E-state index contributed by atoms with van der Waals surface area (Å²) in [6.45, 7) is 2.44. The number of amides is 1. The van der Waals surface area contributed by atoms with Crippen molar-refractivity contribution in [2.24, 2.45) is 0 Å². The van der Waals surface area contributed by atoms with Crippen LogP contribution in [0.25, 0.3) is 0 Å². The van der Waals surface area contributed by atoms with Gasteiger partial charge in [0.15, 0.2) is 0 Å². The van der Waals surface area contributed by atoms with Crippen LogP contribution in [-0.2, 0) is 11.2 Å². The summed E-state index contributed by atoms with van der Waals surface area (Å²) in [5, 5.41) is 5.23. The number of para-hydroxylation sites is 1. The first-order valence-corrected chi connectivity index (χ1v) is 7.11. The Morgan fingerprint density at radius 3 is 2.82 bits per heavy atom. The molecule has 1 atom stereocenters. The summed E-state index contributed by atoms with van der Waals surface area (Å²) in [7, 11) is 0. The summed E-state index contributed by atoms with van der Waals surface area (Å²) in [4.78, 5) is 11.8. The quantitative estimate of drug-likeness (QED) is 0.838. The lowest BCUT2D eigenvalue weighted by molar-refractivity contribution is -0.123. The first-order valence-electron chi connectivity index (χ1n) is 7.11. The van der Waals surface area contributed by atoms with Gasteiger partial charge < -0.3 is 10.1 Å². The molecule has 124 valence electrons. The lowest BCUT2D eigenvalue weighted by Crippen LogP contribution is -2.41. The van der Waals surface area contributed by atoms with Gasteiger partial charge in [0.2, 0.25) is 5.91 Å². The van der Waals surface area contributed by atoms with Gasteiger partial charge in [0.25, 0.3) is 5.92 Å². The molecule has 1 aromatic carbocycles. The van der Waals surface area contributed by atoms with Crippen LogP contribution in [0, 0.1) is 0 Å². The van der Waals surface area contributed by atoms with Crippen molar-refractivity contribution in [3.8, 4) is 5.75 Å². The molecule has 0 bridgehead atoms. The maximum Gasteiger partial charge on any atom is 0.262 e. The highest BCUT2D eigenvalue weighted by Gasteiger charge is 2.42. The highest BCUT2D eigenvalue weighted by atomic mass is 35.5. The number of benzene rings is 1. The average Bonchev–Trinajstić information content (AvgIpc) is 2.81. The topological polar surface area (TPSA) is 50.4 Å². The van der Waals surface area contributed by atoms with E-state index in [1.54, 1.807) is 0 Å². The summed E-state index contributed by atoms with van der Waals surface area (Å²) in [6.07, 6.45) is 0.166. The fraction of sp³-hybridized carbons (Fsp3) is 0.533. The summed E-state index contributed by atoms with van der Waals surface area (Å²) in [5.74, 6) is -2.37. The Morgan fingerprint density at radius 1 is 1.45 bits per heavy atom. The van der Waals surface area contributed by atoms with E-state index in [-0.39, 0.29) is 18.3 Å². The number of rotatable bonds is 6. The lowest BCUT2D eigenvalue weighted by Gasteiger charge is -2.13. The molecule has 1 aliphatic heterocycles. The molecule has 1 heterocycles. The minimum Gasteiger partial charge on any atom is -0.494 e. The fourth-order valence-corrected chi connectivity index (χ4v) is 2.35. The third-order valence-corrected chi connectivity index (χ3v) is 3.39. The van der Waals surface area contributed by atoms with Crippen molar-refractivity contribution in [1.82, 2.24) is 10.6 Å². The second-order valence-corrected chi connectivity index (χ2v) is 5.08. The maximum atomic E-state index is 13.0. The fourth-order valence-electron chi connectivity index (χ4n) is 2.35. The molecule has 4 nitrogen and oxygen atoms in total. The van der Waals surface area contributed by atoms with Gasteiger partial charge in [-0.25, -0.2) is 8.78 Å². The molecule has 1 unspecified atom stereocenters. The van der Waals surface area contributed by atoms with E-state index in [4.69, 9.17) is 4.74 Å². The molecule has 22 heavy (non-hydrogen) atoms. The van der Waals surface area contributed by atoms with Gasteiger partial charge in [-0.2, -0.15) is 0 Å². The normalized spacial score (nSPS) is 19.3. The van der Waals surface area contributed by atoms with Crippen molar-refractivity contribution in [3.63, 3.8) is 0 Å². The van der Waals surface area contributed by atoms with E-state index in [1.807, 2.05) is 31.2 Å². The van der Waals surface area contributed by atoms with Crippen LogP contribution in [0.2, 0.25) is 0 Å². The van der Waals surface area contributed by atoms with E-state index in [2.05, 4.69) is 10.6 Å². The third kappa shape index (κ3) is 5.10. The Morgan fingerprint density at radius 2 is 2.18 bits per heavy atom. The molecule has 1 aromatic rings. The highest BCUT2D eigenvalue weighted by molar-refractivity contribution is 5.85. The van der Waals surface area contributed by atoms with Crippen LogP contribution in [0.1, 0.15) is 18.9 Å². The minimum absolute atomic E-state index is 0. The van der Waals surface area contributed by atoms with E-state index in [0.717, 1.165) is 11.3 Å². The van der Waals surface area contributed by atoms with Crippen LogP contribution in [0.15, 0.2) is 24.3 Å². The number of halogens is 3. The number of carbonyl (C=O) groups excluding carboxylic acids is 1. The van der Waals surface area contributed by atoms with Gasteiger partial charge in [-0.15, -0.1) is 12.4 Å². The van der Waals surface area contributed by atoms with E-state index in [9.17, 15) is 13.6 Å². The zero-order valence-corrected chi connectivity index (χ0v) is 13.2. The number of hydrogen-bond acceptors (Lipinski definition) is 3. The van der Waals surface area contributed by atoms with E-state index >= 15 is 0 Å². The number of alkyl halides is 2. The smallest absolute Gasteiger partial charge is 0.262 e. The van der Waals surface area contributed by atoms with Crippen molar-refractivity contribution < 1.29 is 18.3 Å². The summed E-state index contributed by atoms with van der Waals surface area (Å²) in [5.41, 5.74) is 0.990. The van der Waals surface area contributed by atoms with Gasteiger partial charge in [-0.3, -0.25) is 10.1 Å².